The summed E-state index contributed by atoms with van der Waals surface area (Å²) in [6, 6.07) is 2.70. The highest BCUT2D eigenvalue weighted by Gasteiger charge is 2.41. The summed E-state index contributed by atoms with van der Waals surface area (Å²) < 4.78 is 63.7. The van der Waals surface area contributed by atoms with Crippen LogP contribution in [-0.4, -0.2) is 35.3 Å². The van der Waals surface area contributed by atoms with E-state index in [1.54, 1.807) is 0 Å². The highest BCUT2D eigenvalue weighted by atomic mass is 35.5. The van der Waals surface area contributed by atoms with Crippen molar-refractivity contribution in [1.29, 1.82) is 0 Å². The zero-order chi connectivity index (χ0) is 17.4. The normalized spacial score (nSPS) is 12.2. The fourth-order valence-electron chi connectivity index (χ4n) is 1.70. The molecule has 1 N–H and O–H groups in total. The Labute approximate surface area is 133 Å². The van der Waals surface area contributed by atoms with E-state index in [1.165, 1.54) is 23.1 Å². The van der Waals surface area contributed by atoms with Gasteiger partial charge in [0.2, 0.25) is 10.0 Å². The summed E-state index contributed by atoms with van der Waals surface area (Å²) in [5, 5.41) is 3.33. The maximum Gasteiger partial charge on any atom is 0.434 e. The molecule has 0 atom stereocenters. The number of halogens is 4. The van der Waals surface area contributed by atoms with Gasteiger partial charge in [-0.15, -0.1) is 0 Å². The number of hydrogen-bond donors (Lipinski definition) is 1. The van der Waals surface area contributed by atoms with E-state index in [0.29, 0.717) is 17.1 Å². The first-order chi connectivity index (χ1) is 10.5. The second kappa shape index (κ2) is 5.81. The Bertz CT molecular complexity index is 864. The molecule has 1 amide bonds. The van der Waals surface area contributed by atoms with Crippen molar-refractivity contribution in [2.24, 2.45) is 0 Å². The van der Waals surface area contributed by atoms with Gasteiger partial charge in [0.1, 0.15) is 0 Å². The largest absolute Gasteiger partial charge is 0.434 e. The molecule has 0 aliphatic rings. The van der Waals surface area contributed by atoms with Crippen LogP contribution in [-0.2, 0) is 16.2 Å². The molecular formula is C11H8ClF3N4O3S. The number of carbonyl (C=O) groups is 1. The van der Waals surface area contributed by atoms with Crippen molar-refractivity contribution in [1.82, 2.24) is 19.5 Å². The zero-order valence-electron chi connectivity index (χ0n) is 11.3. The lowest BCUT2D eigenvalue weighted by atomic mass is 10.2. The van der Waals surface area contributed by atoms with Gasteiger partial charge in [-0.1, -0.05) is 11.6 Å². The number of sulfonamides is 1. The van der Waals surface area contributed by atoms with Gasteiger partial charge in [-0.2, -0.15) is 18.3 Å². The van der Waals surface area contributed by atoms with Crippen LogP contribution < -0.4 is 4.72 Å². The molecule has 0 saturated carbocycles. The molecule has 2 aromatic rings. The van der Waals surface area contributed by atoms with Crippen molar-refractivity contribution < 1.29 is 26.4 Å². The predicted octanol–water partition coefficient (Wildman–Crippen LogP) is 1.63. The van der Waals surface area contributed by atoms with Crippen molar-refractivity contribution >= 4 is 27.5 Å². The van der Waals surface area contributed by atoms with Crippen molar-refractivity contribution in [2.45, 2.75) is 6.18 Å². The van der Waals surface area contributed by atoms with E-state index in [0.717, 1.165) is 0 Å². The van der Waals surface area contributed by atoms with E-state index in [-0.39, 0.29) is 10.8 Å². The lowest BCUT2D eigenvalue weighted by molar-refractivity contribution is -0.143. The quantitative estimate of drug-likeness (QED) is 0.888. The molecule has 0 radical (unpaired) electrons. The van der Waals surface area contributed by atoms with Gasteiger partial charge in [-0.05, 0) is 12.1 Å². The van der Waals surface area contributed by atoms with E-state index in [2.05, 4.69) is 10.1 Å². The van der Waals surface area contributed by atoms with Gasteiger partial charge in [-0.3, -0.25) is 4.79 Å². The molecule has 0 bridgehead atoms. The van der Waals surface area contributed by atoms with Crippen molar-refractivity contribution in [3.05, 3.63) is 40.8 Å². The van der Waals surface area contributed by atoms with Crippen LogP contribution in [0.1, 0.15) is 16.1 Å². The van der Waals surface area contributed by atoms with Crippen LogP contribution in [0.25, 0.3) is 5.82 Å². The number of nitrogens with zero attached hydrogens (tertiary/aromatic N) is 3. The molecule has 0 fully saturated rings. The Kier molecular flexibility index (Phi) is 4.35. The summed E-state index contributed by atoms with van der Waals surface area (Å²) in [5.41, 5.74) is -2.45. The molecule has 2 heterocycles. The lowest BCUT2D eigenvalue weighted by Crippen LogP contribution is -2.31. The Balaban J connectivity index is 2.64. The fourth-order valence-corrected chi connectivity index (χ4v) is 2.35. The third-order valence-electron chi connectivity index (χ3n) is 2.50. The van der Waals surface area contributed by atoms with Gasteiger partial charge in [0.15, 0.2) is 11.5 Å². The first-order valence-corrected chi connectivity index (χ1v) is 8.06. The van der Waals surface area contributed by atoms with Gasteiger partial charge in [0, 0.05) is 6.20 Å². The van der Waals surface area contributed by atoms with Gasteiger partial charge in [-0.25, -0.2) is 22.8 Å². The second-order valence-electron chi connectivity index (χ2n) is 4.33. The predicted molar refractivity (Wildman–Crippen MR) is 73.7 cm³/mol. The first kappa shape index (κ1) is 17.2. The van der Waals surface area contributed by atoms with E-state index in [1.807, 2.05) is 0 Å². The van der Waals surface area contributed by atoms with Crippen LogP contribution in [0.5, 0.6) is 0 Å². The van der Waals surface area contributed by atoms with Crippen LogP contribution >= 0.6 is 11.6 Å². The SMILES string of the molecule is CS(=O)(=O)NC(=O)c1cnn(-c2ncccc2Cl)c1C(F)(F)F. The maximum absolute atomic E-state index is 13.3. The average Bonchev–Trinajstić information content (AvgIpc) is 2.81. The number of hydrogen-bond acceptors (Lipinski definition) is 5. The van der Waals surface area contributed by atoms with Crippen LogP contribution in [0.4, 0.5) is 13.2 Å². The summed E-state index contributed by atoms with van der Waals surface area (Å²) in [7, 11) is -4.04. The fraction of sp³-hybridized carbons (Fsp3) is 0.182. The number of pyridine rings is 1. The molecule has 124 valence electrons. The number of alkyl halides is 3. The summed E-state index contributed by atoms with van der Waals surface area (Å²) in [6.45, 7) is 0. The molecule has 0 aliphatic carbocycles. The van der Waals surface area contributed by atoms with Crippen molar-refractivity contribution in [3.8, 4) is 5.82 Å². The molecule has 0 spiro atoms. The molecule has 2 aromatic heterocycles. The summed E-state index contributed by atoms with van der Waals surface area (Å²) in [5.74, 6) is -1.81. The molecule has 0 aliphatic heterocycles. The Hall–Kier alpha value is -2.14. The number of carbonyl (C=O) groups excluding carboxylic acids is 1. The minimum atomic E-state index is -5.00. The van der Waals surface area contributed by atoms with E-state index in [9.17, 15) is 26.4 Å². The number of amides is 1. The summed E-state index contributed by atoms with van der Waals surface area (Å²) in [6.07, 6.45) is -2.58. The van der Waals surface area contributed by atoms with E-state index < -0.39 is 33.4 Å². The number of nitrogens with one attached hydrogen (secondary N) is 1. The van der Waals surface area contributed by atoms with Gasteiger partial charge < -0.3 is 0 Å². The monoisotopic (exact) mass is 368 g/mol. The van der Waals surface area contributed by atoms with E-state index in [4.69, 9.17) is 11.6 Å². The average molecular weight is 369 g/mol. The van der Waals surface area contributed by atoms with Crippen LogP contribution in [0.2, 0.25) is 5.02 Å². The molecule has 0 unspecified atom stereocenters. The highest BCUT2D eigenvalue weighted by Crippen LogP contribution is 2.34. The molecule has 7 nitrogen and oxygen atoms in total. The Morgan fingerprint density at radius 2 is 2.04 bits per heavy atom. The summed E-state index contributed by atoms with van der Waals surface area (Å²) in [4.78, 5) is 15.4. The van der Waals surface area contributed by atoms with Crippen LogP contribution in [0, 0.1) is 0 Å². The third kappa shape index (κ3) is 3.79. The molecule has 12 heteroatoms. The topological polar surface area (TPSA) is 94.0 Å². The first-order valence-electron chi connectivity index (χ1n) is 5.79. The Morgan fingerprint density at radius 1 is 1.39 bits per heavy atom. The smallest absolute Gasteiger partial charge is 0.268 e. The van der Waals surface area contributed by atoms with Gasteiger partial charge in [0.05, 0.1) is 23.0 Å². The third-order valence-corrected chi connectivity index (χ3v) is 3.35. The molecule has 0 saturated heterocycles. The van der Waals surface area contributed by atoms with Crippen molar-refractivity contribution in [3.63, 3.8) is 0 Å². The van der Waals surface area contributed by atoms with Crippen LogP contribution in [0.15, 0.2) is 24.5 Å². The second-order valence-corrected chi connectivity index (χ2v) is 6.48. The zero-order valence-corrected chi connectivity index (χ0v) is 12.9. The number of rotatable bonds is 3. The Morgan fingerprint density at radius 3 is 2.57 bits per heavy atom. The highest BCUT2D eigenvalue weighted by molar-refractivity contribution is 7.89. The maximum atomic E-state index is 13.3. The molecule has 23 heavy (non-hydrogen) atoms. The van der Waals surface area contributed by atoms with Gasteiger partial charge >= 0.3 is 6.18 Å². The molecule has 0 aromatic carbocycles. The number of aromatic nitrogens is 3. The minimum absolute atomic E-state index is 0.129. The van der Waals surface area contributed by atoms with E-state index >= 15 is 0 Å². The van der Waals surface area contributed by atoms with Crippen LogP contribution in [0.3, 0.4) is 0 Å². The minimum Gasteiger partial charge on any atom is -0.268 e. The van der Waals surface area contributed by atoms with Gasteiger partial charge in [0.25, 0.3) is 5.91 Å². The summed E-state index contributed by atoms with van der Waals surface area (Å²) >= 11 is 5.79. The molecule has 2 rings (SSSR count). The molecular weight excluding hydrogens is 361 g/mol. The standard InChI is InChI=1S/C11H8ClF3N4O3S/c1-23(21,22)18-10(20)6-5-17-19(8(6)11(13,14)15)9-7(12)3-2-4-16-9/h2-5H,1H3,(H,18,20). The van der Waals surface area contributed by atoms with Crippen molar-refractivity contribution in [2.75, 3.05) is 6.26 Å². The lowest BCUT2D eigenvalue weighted by Gasteiger charge is -2.12.